The molecule has 0 aliphatic carbocycles. The molecule has 0 aromatic heterocycles. The first-order chi connectivity index (χ1) is 9.29. The third-order valence-electron chi connectivity index (χ3n) is 3.54. The Balaban J connectivity index is 2.06. The summed E-state index contributed by atoms with van der Waals surface area (Å²) in [7, 11) is 0. The second kappa shape index (κ2) is 5.27. The molecule has 0 spiro atoms. The largest absolute Gasteiger partial charge is 0.344 e. The molecule has 1 heterocycles. The highest BCUT2D eigenvalue weighted by atomic mass is 16.2. The van der Waals surface area contributed by atoms with Crippen molar-refractivity contribution >= 4 is 17.5 Å². The van der Waals surface area contributed by atoms with Crippen molar-refractivity contribution in [1.29, 1.82) is 0 Å². The number of hydrogen-bond donors (Lipinski definition) is 1. The minimum absolute atomic E-state index is 0.0218. The number of hydrogen-bond acceptors (Lipinski definition) is 2. The number of anilines is 1. The van der Waals surface area contributed by atoms with Gasteiger partial charge in [-0.3, -0.25) is 9.59 Å². The third kappa shape index (κ3) is 3.00. The van der Waals surface area contributed by atoms with Crippen LogP contribution in [-0.4, -0.2) is 24.4 Å². The van der Waals surface area contributed by atoms with Gasteiger partial charge in [0, 0.05) is 17.6 Å². The van der Waals surface area contributed by atoms with E-state index in [1.165, 1.54) is 0 Å². The van der Waals surface area contributed by atoms with E-state index >= 15 is 0 Å². The fourth-order valence-corrected chi connectivity index (χ4v) is 2.17. The summed E-state index contributed by atoms with van der Waals surface area (Å²) >= 11 is 0. The number of benzene rings is 1. The number of nitrogens with one attached hydrogen (secondary N) is 1. The summed E-state index contributed by atoms with van der Waals surface area (Å²) < 4.78 is 0. The van der Waals surface area contributed by atoms with Gasteiger partial charge < -0.3 is 10.2 Å². The van der Waals surface area contributed by atoms with E-state index in [1.807, 2.05) is 52.0 Å². The topological polar surface area (TPSA) is 49.4 Å². The van der Waals surface area contributed by atoms with Gasteiger partial charge in [-0.05, 0) is 25.5 Å². The average Bonchev–Trinajstić information content (AvgIpc) is 2.71. The quantitative estimate of drug-likeness (QED) is 0.899. The number of rotatable bonds is 2. The van der Waals surface area contributed by atoms with E-state index in [4.69, 9.17) is 0 Å². The van der Waals surface area contributed by atoms with Gasteiger partial charge in [-0.15, -0.1) is 0 Å². The Hall–Kier alpha value is -1.84. The van der Waals surface area contributed by atoms with Crippen molar-refractivity contribution in [3.8, 4) is 0 Å². The molecule has 1 saturated heterocycles. The van der Waals surface area contributed by atoms with Crippen molar-refractivity contribution in [2.45, 2.75) is 40.2 Å². The van der Waals surface area contributed by atoms with Gasteiger partial charge in [-0.1, -0.05) is 38.5 Å². The molecule has 1 atom stereocenters. The Morgan fingerprint density at radius 2 is 1.85 bits per heavy atom. The molecule has 0 saturated carbocycles. The molecule has 2 amide bonds. The maximum Gasteiger partial charge on any atom is 0.249 e. The second-order valence-electron chi connectivity index (χ2n) is 6.39. The molecular weight excluding hydrogens is 252 g/mol. The standard InChI is InChI=1S/C16H22N2O2/c1-11-5-7-12(8-6-11)18-10-9-13(14(18)19)17-15(20)16(2,3)4/h5-8,13H,9-10H2,1-4H3,(H,17,20). The molecule has 4 heteroatoms. The molecule has 0 radical (unpaired) electrons. The fourth-order valence-electron chi connectivity index (χ4n) is 2.17. The highest BCUT2D eigenvalue weighted by Gasteiger charge is 2.35. The summed E-state index contributed by atoms with van der Waals surface area (Å²) in [5.41, 5.74) is 1.59. The highest BCUT2D eigenvalue weighted by Crippen LogP contribution is 2.23. The van der Waals surface area contributed by atoms with Gasteiger partial charge in [0.2, 0.25) is 11.8 Å². The summed E-state index contributed by atoms with van der Waals surface area (Å²) in [4.78, 5) is 26.1. The molecule has 20 heavy (non-hydrogen) atoms. The van der Waals surface area contributed by atoms with Crippen LogP contribution < -0.4 is 10.2 Å². The number of amides is 2. The fraction of sp³-hybridized carbons (Fsp3) is 0.500. The first-order valence-corrected chi connectivity index (χ1v) is 6.98. The molecule has 1 unspecified atom stereocenters. The van der Waals surface area contributed by atoms with Crippen LogP contribution in [0.25, 0.3) is 0 Å². The number of nitrogens with zero attached hydrogens (tertiary/aromatic N) is 1. The van der Waals surface area contributed by atoms with Gasteiger partial charge in [-0.25, -0.2) is 0 Å². The zero-order chi connectivity index (χ0) is 14.9. The van der Waals surface area contributed by atoms with E-state index in [0.29, 0.717) is 13.0 Å². The SMILES string of the molecule is Cc1ccc(N2CCC(NC(=O)C(C)(C)C)C2=O)cc1. The predicted octanol–water partition coefficient (Wildman–Crippen LogP) is 2.26. The van der Waals surface area contributed by atoms with Crippen molar-refractivity contribution in [2.75, 3.05) is 11.4 Å². The number of carbonyl (C=O) groups is 2. The summed E-state index contributed by atoms with van der Waals surface area (Å²) in [6, 6.07) is 7.47. The Morgan fingerprint density at radius 1 is 1.25 bits per heavy atom. The van der Waals surface area contributed by atoms with Gasteiger partial charge in [0.25, 0.3) is 0 Å². The second-order valence-corrected chi connectivity index (χ2v) is 6.39. The van der Waals surface area contributed by atoms with Crippen LogP contribution in [0.1, 0.15) is 32.8 Å². The lowest BCUT2D eigenvalue weighted by Gasteiger charge is -2.21. The van der Waals surface area contributed by atoms with Crippen LogP contribution in [0.3, 0.4) is 0 Å². The molecule has 4 nitrogen and oxygen atoms in total. The Morgan fingerprint density at radius 3 is 2.40 bits per heavy atom. The van der Waals surface area contributed by atoms with Gasteiger partial charge >= 0.3 is 0 Å². The molecule has 1 aromatic rings. The monoisotopic (exact) mass is 274 g/mol. The molecule has 2 rings (SSSR count). The van der Waals surface area contributed by atoms with E-state index in [0.717, 1.165) is 11.3 Å². The summed E-state index contributed by atoms with van der Waals surface area (Å²) in [6.45, 7) is 8.21. The predicted molar refractivity (Wildman–Crippen MR) is 79.5 cm³/mol. The van der Waals surface area contributed by atoms with Crippen LogP contribution in [0, 0.1) is 12.3 Å². The molecule has 1 aromatic carbocycles. The zero-order valence-electron chi connectivity index (χ0n) is 12.6. The minimum Gasteiger partial charge on any atom is -0.344 e. The first-order valence-electron chi connectivity index (χ1n) is 6.98. The number of aryl methyl sites for hydroxylation is 1. The van der Waals surface area contributed by atoms with E-state index in [9.17, 15) is 9.59 Å². The van der Waals surface area contributed by atoms with Gasteiger partial charge in [0.1, 0.15) is 6.04 Å². The van der Waals surface area contributed by atoms with Crippen LogP contribution in [0.5, 0.6) is 0 Å². The third-order valence-corrected chi connectivity index (χ3v) is 3.54. The normalized spacial score (nSPS) is 19.3. The Bertz CT molecular complexity index is 514. The maximum atomic E-state index is 12.4. The van der Waals surface area contributed by atoms with E-state index < -0.39 is 11.5 Å². The van der Waals surface area contributed by atoms with E-state index in [1.54, 1.807) is 4.90 Å². The summed E-state index contributed by atoms with van der Waals surface area (Å²) in [5, 5.41) is 2.85. The lowest BCUT2D eigenvalue weighted by atomic mass is 9.95. The molecule has 1 fully saturated rings. The average molecular weight is 274 g/mol. The zero-order valence-corrected chi connectivity index (χ0v) is 12.6. The Labute approximate surface area is 120 Å². The first kappa shape index (κ1) is 14.6. The van der Waals surface area contributed by atoms with Crippen molar-refractivity contribution < 1.29 is 9.59 Å². The molecule has 0 bridgehead atoms. The minimum atomic E-state index is -0.475. The molecule has 1 aliphatic rings. The van der Waals surface area contributed by atoms with Crippen LogP contribution in [0.4, 0.5) is 5.69 Å². The van der Waals surface area contributed by atoms with Crippen molar-refractivity contribution in [2.24, 2.45) is 5.41 Å². The van der Waals surface area contributed by atoms with Gasteiger partial charge in [0.05, 0.1) is 0 Å². The van der Waals surface area contributed by atoms with Crippen molar-refractivity contribution in [1.82, 2.24) is 5.32 Å². The van der Waals surface area contributed by atoms with Crippen molar-refractivity contribution in [3.63, 3.8) is 0 Å². The summed E-state index contributed by atoms with van der Waals surface area (Å²) in [6.07, 6.45) is 0.661. The molecule has 1 N–H and O–H groups in total. The maximum absolute atomic E-state index is 12.4. The lowest BCUT2D eigenvalue weighted by molar-refractivity contribution is -0.131. The van der Waals surface area contributed by atoms with Crippen LogP contribution in [0.2, 0.25) is 0 Å². The van der Waals surface area contributed by atoms with Gasteiger partial charge in [-0.2, -0.15) is 0 Å². The van der Waals surface area contributed by atoms with Crippen LogP contribution >= 0.6 is 0 Å². The van der Waals surface area contributed by atoms with Crippen LogP contribution in [-0.2, 0) is 9.59 Å². The number of carbonyl (C=O) groups excluding carboxylic acids is 2. The highest BCUT2D eigenvalue weighted by molar-refractivity contribution is 6.01. The summed E-state index contributed by atoms with van der Waals surface area (Å²) in [5.74, 6) is -0.104. The molecule has 1 aliphatic heterocycles. The molecular formula is C16H22N2O2. The van der Waals surface area contributed by atoms with E-state index in [-0.39, 0.29) is 11.8 Å². The smallest absolute Gasteiger partial charge is 0.249 e. The lowest BCUT2D eigenvalue weighted by Crippen LogP contribution is -2.45. The van der Waals surface area contributed by atoms with Crippen molar-refractivity contribution in [3.05, 3.63) is 29.8 Å². The molecule has 108 valence electrons. The van der Waals surface area contributed by atoms with E-state index in [2.05, 4.69) is 5.32 Å². The van der Waals surface area contributed by atoms with Crippen LogP contribution in [0.15, 0.2) is 24.3 Å². The van der Waals surface area contributed by atoms with Gasteiger partial charge in [0.15, 0.2) is 0 Å². The Kier molecular flexibility index (Phi) is 3.84.